The maximum Gasteiger partial charge on any atom is 0.257 e. The Kier molecular flexibility index (Phi) is 8.67. The van der Waals surface area contributed by atoms with Crippen LogP contribution in [0.1, 0.15) is 26.6 Å². The molecule has 0 bridgehead atoms. The molecular weight excluding hydrogens is 392 g/mol. The minimum atomic E-state index is -3.68. The summed E-state index contributed by atoms with van der Waals surface area (Å²) < 4.78 is 37.8. The minimum absolute atomic E-state index is 0. The fraction of sp³-hybridized carbons (Fsp3) is 0.529. The Morgan fingerprint density at radius 3 is 2.52 bits per heavy atom. The molecule has 1 heterocycles. The Bertz CT molecular complexity index is 837. The topological polar surface area (TPSA) is 97.6 Å². The molecule has 0 saturated carbocycles. The molecule has 0 aliphatic carbocycles. The summed E-state index contributed by atoms with van der Waals surface area (Å²) in [6.07, 6.45) is 0.612. The predicted octanol–water partition coefficient (Wildman–Crippen LogP) is 2.35. The van der Waals surface area contributed by atoms with Gasteiger partial charge in [-0.15, -0.1) is 12.4 Å². The monoisotopic (exact) mass is 418 g/mol. The highest BCUT2D eigenvalue weighted by molar-refractivity contribution is 7.89. The molecule has 2 rings (SSSR count). The minimum Gasteiger partial charge on any atom is -0.495 e. The van der Waals surface area contributed by atoms with Gasteiger partial charge in [-0.05, 0) is 32.2 Å². The van der Waals surface area contributed by atoms with Crippen LogP contribution < -0.4 is 10.1 Å². The summed E-state index contributed by atoms with van der Waals surface area (Å²) in [6.45, 7) is 6.35. The average molecular weight is 419 g/mol. The lowest BCUT2D eigenvalue weighted by molar-refractivity contribution is 0.395. The molecule has 0 spiro atoms. The summed E-state index contributed by atoms with van der Waals surface area (Å²) in [7, 11) is -0.377. The molecule has 0 fully saturated rings. The number of methoxy groups -OCH3 is 1. The van der Waals surface area contributed by atoms with E-state index < -0.39 is 10.0 Å². The summed E-state index contributed by atoms with van der Waals surface area (Å²) >= 11 is 0. The zero-order valence-corrected chi connectivity index (χ0v) is 17.9. The molecule has 1 atom stereocenters. The Hall–Kier alpha value is -1.68. The fourth-order valence-corrected chi connectivity index (χ4v) is 4.18. The lowest BCUT2D eigenvalue weighted by atomic mass is 10.2. The number of likely N-dealkylation sites (N-methyl/N-ethyl adjacent to an activating group) is 1. The van der Waals surface area contributed by atoms with Gasteiger partial charge in [0.2, 0.25) is 10.0 Å². The fourth-order valence-electron chi connectivity index (χ4n) is 2.54. The lowest BCUT2D eigenvalue weighted by Crippen LogP contribution is -2.30. The van der Waals surface area contributed by atoms with Crippen molar-refractivity contribution in [3.8, 4) is 17.2 Å². The van der Waals surface area contributed by atoms with E-state index in [9.17, 15) is 8.42 Å². The van der Waals surface area contributed by atoms with Crippen molar-refractivity contribution in [2.75, 3.05) is 27.2 Å². The van der Waals surface area contributed by atoms with Gasteiger partial charge >= 0.3 is 0 Å². The molecular formula is C17H27ClN4O4S. The molecule has 0 amide bonds. The van der Waals surface area contributed by atoms with Crippen molar-refractivity contribution in [1.82, 2.24) is 19.8 Å². The number of benzene rings is 1. The Labute approximate surface area is 166 Å². The summed E-state index contributed by atoms with van der Waals surface area (Å²) in [5.41, 5.74) is 0.535. The number of hydrogen-bond acceptors (Lipinski definition) is 7. The molecule has 10 heteroatoms. The molecule has 152 valence electrons. The van der Waals surface area contributed by atoms with Crippen molar-refractivity contribution < 1.29 is 17.7 Å². The van der Waals surface area contributed by atoms with E-state index in [1.54, 1.807) is 26.0 Å². The van der Waals surface area contributed by atoms with Crippen molar-refractivity contribution in [3.63, 3.8) is 0 Å². The second-order valence-electron chi connectivity index (χ2n) is 5.86. The Morgan fingerprint density at radius 2 is 1.96 bits per heavy atom. The van der Waals surface area contributed by atoms with Crippen molar-refractivity contribution in [2.24, 2.45) is 0 Å². The molecule has 0 aliphatic rings. The Balaban J connectivity index is 0.00000364. The Morgan fingerprint density at radius 1 is 1.30 bits per heavy atom. The first kappa shape index (κ1) is 23.4. The van der Waals surface area contributed by atoms with E-state index in [2.05, 4.69) is 15.5 Å². The van der Waals surface area contributed by atoms with Crippen molar-refractivity contribution in [3.05, 3.63) is 24.0 Å². The SMILES string of the molecule is CCN(CC)S(=O)(=O)c1cc(-c2nc(CC(C)NC)no2)ccc1OC.Cl. The van der Waals surface area contributed by atoms with E-state index in [0.29, 0.717) is 30.9 Å². The number of halogens is 1. The number of sulfonamides is 1. The van der Waals surface area contributed by atoms with E-state index in [1.807, 2.05) is 14.0 Å². The summed E-state index contributed by atoms with van der Waals surface area (Å²) in [6, 6.07) is 5.03. The van der Waals surface area contributed by atoms with Crippen LogP contribution in [0.15, 0.2) is 27.6 Å². The van der Waals surface area contributed by atoms with Crippen LogP contribution in [0.4, 0.5) is 0 Å². The first-order valence-corrected chi connectivity index (χ1v) is 9.99. The van der Waals surface area contributed by atoms with Crippen molar-refractivity contribution >= 4 is 22.4 Å². The third-order valence-corrected chi connectivity index (χ3v) is 6.25. The van der Waals surface area contributed by atoms with Gasteiger partial charge in [-0.2, -0.15) is 9.29 Å². The molecule has 2 aromatic rings. The van der Waals surface area contributed by atoms with E-state index >= 15 is 0 Å². The van der Waals surface area contributed by atoms with Gasteiger partial charge in [-0.3, -0.25) is 0 Å². The molecule has 1 N–H and O–H groups in total. The predicted molar refractivity (Wildman–Crippen MR) is 106 cm³/mol. The highest BCUT2D eigenvalue weighted by Crippen LogP contribution is 2.31. The second-order valence-corrected chi connectivity index (χ2v) is 7.77. The third-order valence-electron chi connectivity index (χ3n) is 4.18. The van der Waals surface area contributed by atoms with Gasteiger partial charge in [-0.25, -0.2) is 8.42 Å². The number of rotatable bonds is 9. The smallest absolute Gasteiger partial charge is 0.257 e. The molecule has 0 radical (unpaired) electrons. The molecule has 0 saturated heterocycles. The van der Waals surface area contributed by atoms with Gasteiger partial charge in [0, 0.05) is 31.1 Å². The zero-order chi connectivity index (χ0) is 19.3. The van der Waals surface area contributed by atoms with Gasteiger partial charge in [0.15, 0.2) is 5.82 Å². The van der Waals surface area contributed by atoms with Crippen LogP contribution in [-0.2, 0) is 16.4 Å². The summed E-state index contributed by atoms with van der Waals surface area (Å²) in [4.78, 5) is 4.45. The van der Waals surface area contributed by atoms with Gasteiger partial charge in [0.1, 0.15) is 10.6 Å². The van der Waals surface area contributed by atoms with Crippen LogP contribution in [-0.4, -0.2) is 56.2 Å². The normalized spacial score (nSPS) is 12.7. The summed E-state index contributed by atoms with van der Waals surface area (Å²) in [5, 5.41) is 7.07. The first-order valence-electron chi connectivity index (χ1n) is 8.55. The molecule has 1 unspecified atom stereocenters. The zero-order valence-electron chi connectivity index (χ0n) is 16.2. The molecule has 27 heavy (non-hydrogen) atoms. The largest absolute Gasteiger partial charge is 0.495 e. The van der Waals surface area contributed by atoms with Gasteiger partial charge in [0.05, 0.1) is 7.11 Å². The quantitative estimate of drug-likeness (QED) is 0.667. The van der Waals surface area contributed by atoms with Gasteiger partial charge in [-0.1, -0.05) is 19.0 Å². The number of hydrogen-bond donors (Lipinski definition) is 1. The van der Waals surface area contributed by atoms with Crippen LogP contribution in [0, 0.1) is 0 Å². The van der Waals surface area contributed by atoms with E-state index in [0.717, 1.165) is 0 Å². The number of nitrogens with zero attached hydrogens (tertiary/aromatic N) is 3. The number of aromatic nitrogens is 2. The highest BCUT2D eigenvalue weighted by atomic mass is 35.5. The van der Waals surface area contributed by atoms with Crippen LogP contribution in [0.5, 0.6) is 5.75 Å². The van der Waals surface area contributed by atoms with Crippen LogP contribution >= 0.6 is 12.4 Å². The van der Waals surface area contributed by atoms with Crippen LogP contribution in [0.2, 0.25) is 0 Å². The maximum atomic E-state index is 12.9. The van der Waals surface area contributed by atoms with Crippen molar-refractivity contribution in [1.29, 1.82) is 0 Å². The molecule has 1 aromatic heterocycles. The number of ether oxygens (including phenoxy) is 1. The first-order chi connectivity index (χ1) is 12.4. The van der Waals surface area contributed by atoms with Crippen LogP contribution in [0.25, 0.3) is 11.5 Å². The lowest BCUT2D eigenvalue weighted by Gasteiger charge is -2.20. The van der Waals surface area contributed by atoms with Gasteiger partial charge < -0.3 is 14.6 Å². The standard InChI is InChI=1S/C17H26N4O4S.ClH/c1-6-21(7-2)26(22,23)15-11-13(8-9-14(15)24-5)17-19-16(20-25-17)10-12(3)18-4;/h8-9,11-12,18H,6-7,10H2,1-5H3;1H. The summed E-state index contributed by atoms with van der Waals surface area (Å²) in [5.74, 6) is 1.12. The molecule has 1 aromatic carbocycles. The average Bonchev–Trinajstić information content (AvgIpc) is 3.10. The van der Waals surface area contributed by atoms with Crippen molar-refractivity contribution in [2.45, 2.75) is 38.1 Å². The maximum absolute atomic E-state index is 12.9. The van der Waals surface area contributed by atoms with Crippen LogP contribution in [0.3, 0.4) is 0 Å². The van der Waals surface area contributed by atoms with E-state index in [1.165, 1.54) is 17.5 Å². The second kappa shape index (κ2) is 10.0. The molecule has 8 nitrogen and oxygen atoms in total. The number of nitrogens with one attached hydrogen (secondary N) is 1. The molecule has 0 aliphatic heterocycles. The highest BCUT2D eigenvalue weighted by Gasteiger charge is 2.27. The van der Waals surface area contributed by atoms with Gasteiger partial charge in [0.25, 0.3) is 5.89 Å². The van der Waals surface area contributed by atoms with E-state index in [4.69, 9.17) is 9.26 Å². The van der Waals surface area contributed by atoms with E-state index in [-0.39, 0.29) is 35.0 Å². The third kappa shape index (κ3) is 5.19.